The summed E-state index contributed by atoms with van der Waals surface area (Å²) in [6.45, 7) is 28.0. The van der Waals surface area contributed by atoms with Gasteiger partial charge in [0.25, 0.3) is 0 Å². The van der Waals surface area contributed by atoms with Crippen LogP contribution in [0.4, 0.5) is 28.4 Å². The topological polar surface area (TPSA) is 36.1 Å². The quantitative estimate of drug-likeness (QED) is 0.0850. The summed E-state index contributed by atoms with van der Waals surface area (Å²) in [6.07, 6.45) is 1.16. The number of fused-ring (bicyclic) bond motifs is 1. The lowest BCUT2D eigenvalue weighted by Gasteiger charge is -2.36. The monoisotopic (exact) mass is 805 g/mol. The second kappa shape index (κ2) is 17.6. The van der Waals surface area contributed by atoms with Crippen LogP contribution in [0.3, 0.4) is 0 Å². The van der Waals surface area contributed by atoms with Crippen molar-refractivity contribution in [2.24, 2.45) is 10.8 Å². The Kier molecular flexibility index (Phi) is 12.4. The molecular weight excluding hydrogens is 739 g/mol. The second-order valence-electron chi connectivity index (χ2n) is 19.8. The fraction of sp³-hybridized carbons (Fsp3) is 0.293. The third-order valence-electron chi connectivity index (χ3n) is 12.2. The van der Waals surface area contributed by atoms with Gasteiger partial charge in [-0.25, -0.2) is 0 Å². The molecule has 0 aliphatic heterocycles. The van der Waals surface area contributed by atoms with Crippen LogP contribution in [0.25, 0.3) is 10.8 Å². The van der Waals surface area contributed by atoms with E-state index in [-0.39, 0.29) is 10.8 Å². The summed E-state index contributed by atoms with van der Waals surface area (Å²) in [5.74, 6) is 1.70. The van der Waals surface area contributed by atoms with Crippen LogP contribution in [0, 0.1) is 58.3 Å². The Balaban J connectivity index is 1.21. The van der Waals surface area contributed by atoms with Crippen molar-refractivity contribution in [1.82, 2.24) is 0 Å². The van der Waals surface area contributed by atoms with Gasteiger partial charge >= 0.3 is 0 Å². The first kappa shape index (κ1) is 43.2. The summed E-state index contributed by atoms with van der Waals surface area (Å²) in [5, 5.41) is 13.7. The lowest BCUT2D eigenvalue weighted by molar-refractivity contribution is 0.229. The summed E-state index contributed by atoms with van der Waals surface area (Å²) in [5.41, 5.74) is 19.9. The van der Waals surface area contributed by atoms with Crippen molar-refractivity contribution >= 4 is 39.2 Å². The maximum atomic E-state index is 3.83. The van der Waals surface area contributed by atoms with E-state index in [1.54, 1.807) is 0 Å². The van der Waals surface area contributed by atoms with Gasteiger partial charge in [0.1, 0.15) is 0 Å². The Morgan fingerprint density at radius 1 is 0.508 bits per heavy atom. The van der Waals surface area contributed by atoms with Crippen LogP contribution in [-0.2, 0) is 6.54 Å². The Labute approximate surface area is 367 Å². The first-order valence-electron chi connectivity index (χ1n) is 22.1. The number of benzene rings is 7. The third kappa shape index (κ3) is 10.2. The number of nitrogens with one attached hydrogen (secondary N) is 3. The van der Waals surface area contributed by atoms with E-state index in [1.807, 2.05) is 0 Å². The van der Waals surface area contributed by atoms with Crippen LogP contribution in [0.2, 0.25) is 0 Å². The zero-order chi connectivity index (χ0) is 43.6. The van der Waals surface area contributed by atoms with Crippen LogP contribution >= 0.6 is 0 Å². The molecule has 7 aromatic rings. The van der Waals surface area contributed by atoms with Gasteiger partial charge in [-0.05, 0) is 171 Å². The zero-order valence-electron chi connectivity index (χ0n) is 38.7. The van der Waals surface area contributed by atoms with Gasteiger partial charge in [-0.15, -0.1) is 0 Å². The zero-order valence-corrected chi connectivity index (χ0v) is 38.7. The summed E-state index contributed by atoms with van der Waals surface area (Å²) >= 11 is 0. The number of rotatable bonds is 12. The third-order valence-corrected chi connectivity index (χ3v) is 12.2. The van der Waals surface area contributed by atoms with E-state index in [0.29, 0.717) is 5.92 Å². The van der Waals surface area contributed by atoms with Crippen LogP contribution < -0.4 is 16.0 Å². The highest BCUT2D eigenvalue weighted by Gasteiger charge is 2.30. The largest absolute Gasteiger partial charge is 0.380 e. The highest BCUT2D eigenvalue weighted by atomic mass is 14.9. The fourth-order valence-corrected chi connectivity index (χ4v) is 9.23. The molecule has 7 rings (SSSR count). The molecule has 3 heteroatoms. The van der Waals surface area contributed by atoms with E-state index in [0.717, 1.165) is 30.0 Å². The molecule has 0 saturated heterocycles. The number of hydrogen-bond donors (Lipinski definition) is 3. The molecule has 1 unspecified atom stereocenters. The van der Waals surface area contributed by atoms with E-state index in [4.69, 9.17) is 0 Å². The predicted molar refractivity (Wildman–Crippen MR) is 265 cm³/mol. The molecule has 312 valence electrons. The number of anilines is 5. The van der Waals surface area contributed by atoms with Gasteiger partial charge < -0.3 is 16.0 Å². The Bertz CT molecular complexity index is 2470. The minimum atomic E-state index is 0.195. The molecule has 0 aliphatic carbocycles. The molecule has 61 heavy (non-hydrogen) atoms. The molecule has 0 fully saturated rings. The molecule has 0 heterocycles. The van der Waals surface area contributed by atoms with Gasteiger partial charge in [0.2, 0.25) is 0 Å². The first-order chi connectivity index (χ1) is 28.9. The highest BCUT2D eigenvalue weighted by molar-refractivity contribution is 5.98. The highest BCUT2D eigenvalue weighted by Crippen LogP contribution is 2.44. The molecule has 7 aromatic carbocycles. The van der Waals surface area contributed by atoms with E-state index in [2.05, 4.69) is 232 Å². The first-order valence-corrected chi connectivity index (χ1v) is 22.1. The van der Waals surface area contributed by atoms with Crippen molar-refractivity contribution in [2.75, 3.05) is 16.0 Å². The standard InChI is InChI=1S/C58H66N3/c1-37-31-39(3)55(40(4)32-37)60-47-25-21-45(22-26-47)54(46-23-27-48(28-24-46)61-56-41(5)33-38(2)34-42(56)6)51-29-30-53(50-16-14-13-15-49(50)51)59-36-43-17-19-44(20-18-43)52(58(10,11)12)35-57(7,8)9/h13-34,52,59-61H,35-36H2,1-12H3/q+1. The molecule has 1 atom stereocenters. The predicted octanol–water partition coefficient (Wildman–Crippen LogP) is 16.4. The van der Waals surface area contributed by atoms with Gasteiger partial charge in [0, 0.05) is 40.1 Å². The summed E-state index contributed by atoms with van der Waals surface area (Å²) < 4.78 is 0. The van der Waals surface area contributed by atoms with Crippen LogP contribution in [0.5, 0.6) is 0 Å². The average molecular weight is 805 g/mol. The minimum absolute atomic E-state index is 0.195. The number of aryl methyl sites for hydroxylation is 6. The maximum Gasteiger partial charge on any atom is 0.0638 e. The smallest absolute Gasteiger partial charge is 0.0638 e. The van der Waals surface area contributed by atoms with Gasteiger partial charge in [0.15, 0.2) is 0 Å². The van der Waals surface area contributed by atoms with E-state index >= 15 is 0 Å². The Morgan fingerprint density at radius 2 is 0.967 bits per heavy atom. The Morgan fingerprint density at radius 3 is 1.41 bits per heavy atom. The molecule has 0 saturated carbocycles. The number of hydrogen-bond acceptors (Lipinski definition) is 3. The van der Waals surface area contributed by atoms with Crippen molar-refractivity contribution in [2.45, 2.75) is 102 Å². The van der Waals surface area contributed by atoms with E-state index in [9.17, 15) is 0 Å². The van der Waals surface area contributed by atoms with Gasteiger partial charge in [-0.3, -0.25) is 0 Å². The summed E-state index contributed by atoms with van der Waals surface area (Å²) in [7, 11) is 0. The van der Waals surface area contributed by atoms with Crippen LogP contribution in [-0.4, -0.2) is 0 Å². The molecule has 0 amide bonds. The maximum absolute atomic E-state index is 3.83. The normalized spacial score (nSPS) is 12.3. The molecule has 0 aliphatic rings. The molecule has 3 nitrogen and oxygen atoms in total. The lowest BCUT2D eigenvalue weighted by atomic mass is 9.69. The van der Waals surface area contributed by atoms with E-state index in [1.165, 1.54) is 89.3 Å². The summed E-state index contributed by atoms with van der Waals surface area (Å²) in [4.78, 5) is 0. The second-order valence-corrected chi connectivity index (χ2v) is 19.8. The Hall–Kier alpha value is -5.93. The van der Waals surface area contributed by atoms with Crippen LogP contribution in [0.15, 0.2) is 133 Å². The molecule has 0 spiro atoms. The van der Waals surface area contributed by atoms with Crippen molar-refractivity contribution in [3.63, 3.8) is 0 Å². The van der Waals surface area contributed by atoms with Crippen molar-refractivity contribution < 1.29 is 0 Å². The fourth-order valence-electron chi connectivity index (χ4n) is 9.23. The van der Waals surface area contributed by atoms with Crippen LogP contribution in [0.1, 0.15) is 115 Å². The van der Waals surface area contributed by atoms with Gasteiger partial charge in [-0.1, -0.05) is 113 Å². The molecule has 3 N–H and O–H groups in total. The van der Waals surface area contributed by atoms with Crippen molar-refractivity contribution in [3.8, 4) is 0 Å². The van der Waals surface area contributed by atoms with Crippen molar-refractivity contribution in [3.05, 3.63) is 201 Å². The molecular formula is C58H66N3+. The average Bonchev–Trinajstić information content (AvgIpc) is 3.20. The van der Waals surface area contributed by atoms with E-state index < -0.39 is 0 Å². The SMILES string of the molecule is Cc1cc(C)c(Nc2ccc([C+](c3ccc(Nc4c(C)cc(C)cc4C)cc3)c3ccc(NCc4ccc(C(CC(C)(C)C)C(C)(C)C)cc4)c4ccccc34)cc2)c(C)c1. The molecule has 0 aromatic heterocycles. The van der Waals surface area contributed by atoms with Gasteiger partial charge in [0.05, 0.1) is 28.3 Å². The molecule has 0 radical (unpaired) electrons. The minimum Gasteiger partial charge on any atom is -0.380 e. The molecule has 0 bridgehead atoms. The van der Waals surface area contributed by atoms with Gasteiger partial charge in [-0.2, -0.15) is 0 Å². The summed E-state index contributed by atoms with van der Waals surface area (Å²) in [6, 6.07) is 49.6. The lowest BCUT2D eigenvalue weighted by Crippen LogP contribution is -2.23. The van der Waals surface area contributed by atoms with Crippen molar-refractivity contribution in [1.29, 1.82) is 0 Å².